The molecule has 1 unspecified atom stereocenters. The van der Waals surface area contributed by atoms with Crippen molar-refractivity contribution in [3.05, 3.63) is 0 Å². The van der Waals surface area contributed by atoms with Gasteiger partial charge >= 0.3 is 5.97 Å². The summed E-state index contributed by atoms with van der Waals surface area (Å²) >= 11 is 0. The summed E-state index contributed by atoms with van der Waals surface area (Å²) in [6.07, 6.45) is 1.60. The molecule has 0 radical (unpaired) electrons. The minimum atomic E-state index is -0.767. The fourth-order valence-corrected chi connectivity index (χ4v) is 2.47. The molecule has 0 aromatic rings. The van der Waals surface area contributed by atoms with Gasteiger partial charge in [-0.3, -0.25) is 9.69 Å². The van der Waals surface area contributed by atoms with Crippen LogP contribution in [-0.4, -0.2) is 45.8 Å². The molecule has 2 saturated heterocycles. The van der Waals surface area contributed by atoms with Gasteiger partial charge in [0, 0.05) is 13.0 Å². The minimum absolute atomic E-state index is 0.405. The fraction of sp³-hybridized carbons (Fsp3) is 0.875. The Morgan fingerprint density at radius 3 is 2.92 bits per heavy atom. The maximum absolute atomic E-state index is 11.0. The average Bonchev–Trinajstić information content (AvgIpc) is 2.42. The Morgan fingerprint density at radius 1 is 1.58 bits per heavy atom. The number of hydrogen-bond acceptors (Lipinski definition) is 3. The number of hydrogen-bond donors (Lipinski definition) is 2. The van der Waals surface area contributed by atoms with E-state index in [0.29, 0.717) is 19.4 Å². The number of aliphatic hydroxyl groups excluding tert-OH is 1. The van der Waals surface area contributed by atoms with Crippen molar-refractivity contribution < 1.29 is 15.0 Å². The molecular weight excluding hydrogens is 158 g/mol. The molecule has 0 aromatic carbocycles. The first-order chi connectivity index (χ1) is 5.65. The van der Waals surface area contributed by atoms with E-state index in [1.165, 1.54) is 0 Å². The van der Waals surface area contributed by atoms with Gasteiger partial charge in [0.2, 0.25) is 0 Å². The second-order valence-corrected chi connectivity index (χ2v) is 3.74. The zero-order chi connectivity index (χ0) is 8.77. The molecule has 4 heteroatoms. The van der Waals surface area contributed by atoms with Gasteiger partial charge in [-0.05, 0) is 19.4 Å². The van der Waals surface area contributed by atoms with Crippen LogP contribution >= 0.6 is 0 Å². The third-order valence-electron chi connectivity index (χ3n) is 3.03. The number of aliphatic carboxylic acids is 1. The summed E-state index contributed by atoms with van der Waals surface area (Å²) in [6, 6.07) is 0. The van der Waals surface area contributed by atoms with Crippen molar-refractivity contribution in [2.24, 2.45) is 0 Å². The molecule has 4 nitrogen and oxygen atoms in total. The first-order valence-corrected chi connectivity index (χ1v) is 4.32. The van der Waals surface area contributed by atoms with E-state index in [-0.39, 0.29) is 0 Å². The van der Waals surface area contributed by atoms with Gasteiger partial charge in [-0.1, -0.05) is 0 Å². The summed E-state index contributed by atoms with van der Waals surface area (Å²) in [5.41, 5.74) is -0.723. The highest BCUT2D eigenvalue weighted by Gasteiger charge is 2.53. The van der Waals surface area contributed by atoms with Gasteiger partial charge in [-0.2, -0.15) is 0 Å². The van der Waals surface area contributed by atoms with Crippen LogP contribution in [0.3, 0.4) is 0 Å². The van der Waals surface area contributed by atoms with Gasteiger partial charge in [-0.15, -0.1) is 0 Å². The van der Waals surface area contributed by atoms with E-state index in [1.807, 2.05) is 4.90 Å². The van der Waals surface area contributed by atoms with Crippen LogP contribution in [0.25, 0.3) is 0 Å². The SMILES string of the molecule is O=C(O)C12CCCN1C[C@@H](O)C2. The molecule has 0 spiro atoms. The van der Waals surface area contributed by atoms with Crippen molar-refractivity contribution in [1.82, 2.24) is 4.90 Å². The molecule has 2 heterocycles. The predicted octanol–water partition coefficient (Wildman–Crippen LogP) is -0.330. The quantitative estimate of drug-likeness (QED) is 0.567. The molecule has 2 atom stereocenters. The smallest absolute Gasteiger partial charge is 0.324 e. The normalized spacial score (nSPS) is 41.6. The number of carboxylic acid groups (broad SMARTS) is 1. The molecule has 68 valence electrons. The number of carbonyl (C=O) groups is 1. The highest BCUT2D eigenvalue weighted by atomic mass is 16.4. The predicted molar refractivity (Wildman–Crippen MR) is 41.8 cm³/mol. The minimum Gasteiger partial charge on any atom is -0.480 e. The van der Waals surface area contributed by atoms with E-state index in [1.54, 1.807) is 0 Å². The Balaban J connectivity index is 2.26. The number of β-amino-alcohol motifs (C(OH)–C–C–N with tert-alkyl or cyclic N) is 1. The van der Waals surface area contributed by atoms with E-state index in [9.17, 15) is 9.90 Å². The number of aliphatic hydroxyl groups is 1. The van der Waals surface area contributed by atoms with E-state index < -0.39 is 17.6 Å². The lowest BCUT2D eigenvalue weighted by molar-refractivity contribution is -0.148. The van der Waals surface area contributed by atoms with E-state index in [4.69, 9.17) is 5.11 Å². The summed E-state index contributed by atoms with van der Waals surface area (Å²) in [4.78, 5) is 12.9. The van der Waals surface area contributed by atoms with Crippen LogP contribution in [0.4, 0.5) is 0 Å². The van der Waals surface area contributed by atoms with Gasteiger partial charge in [0.15, 0.2) is 0 Å². The zero-order valence-corrected chi connectivity index (χ0v) is 6.86. The van der Waals surface area contributed by atoms with Crippen LogP contribution in [0.2, 0.25) is 0 Å². The van der Waals surface area contributed by atoms with Crippen LogP contribution in [0, 0.1) is 0 Å². The second kappa shape index (κ2) is 2.44. The summed E-state index contributed by atoms with van der Waals surface area (Å²) in [6.45, 7) is 1.36. The van der Waals surface area contributed by atoms with Crippen LogP contribution in [0.15, 0.2) is 0 Å². The van der Waals surface area contributed by atoms with Crippen molar-refractivity contribution in [2.75, 3.05) is 13.1 Å². The number of fused-ring (bicyclic) bond motifs is 1. The van der Waals surface area contributed by atoms with Crippen molar-refractivity contribution in [3.63, 3.8) is 0 Å². The van der Waals surface area contributed by atoms with Crippen LogP contribution in [0.5, 0.6) is 0 Å². The van der Waals surface area contributed by atoms with Crippen LogP contribution in [-0.2, 0) is 4.79 Å². The second-order valence-electron chi connectivity index (χ2n) is 3.74. The molecule has 12 heavy (non-hydrogen) atoms. The number of nitrogens with zero attached hydrogens (tertiary/aromatic N) is 1. The lowest BCUT2D eigenvalue weighted by Crippen LogP contribution is -2.45. The van der Waals surface area contributed by atoms with Crippen molar-refractivity contribution in [1.29, 1.82) is 0 Å². The van der Waals surface area contributed by atoms with Crippen molar-refractivity contribution in [2.45, 2.75) is 30.9 Å². The van der Waals surface area contributed by atoms with Crippen LogP contribution in [0.1, 0.15) is 19.3 Å². The van der Waals surface area contributed by atoms with Gasteiger partial charge in [0.1, 0.15) is 5.54 Å². The Labute approximate surface area is 70.8 Å². The molecule has 2 aliphatic rings. The third-order valence-corrected chi connectivity index (χ3v) is 3.03. The average molecular weight is 171 g/mol. The molecule has 2 N–H and O–H groups in total. The number of rotatable bonds is 1. The third kappa shape index (κ3) is 0.881. The highest BCUT2D eigenvalue weighted by molar-refractivity contribution is 5.79. The molecule has 2 rings (SSSR count). The van der Waals surface area contributed by atoms with Gasteiger partial charge in [0.05, 0.1) is 6.10 Å². The number of carboxylic acids is 1. The summed E-state index contributed by atoms with van der Waals surface area (Å²) in [7, 11) is 0. The molecule has 2 fully saturated rings. The molecule has 0 aromatic heterocycles. The Kier molecular flexibility index (Phi) is 1.63. The van der Waals surface area contributed by atoms with Gasteiger partial charge in [0.25, 0.3) is 0 Å². The van der Waals surface area contributed by atoms with Crippen LogP contribution < -0.4 is 0 Å². The van der Waals surface area contributed by atoms with Crippen molar-refractivity contribution in [3.8, 4) is 0 Å². The first-order valence-electron chi connectivity index (χ1n) is 4.32. The van der Waals surface area contributed by atoms with Gasteiger partial charge in [-0.25, -0.2) is 0 Å². The molecule has 0 aliphatic carbocycles. The van der Waals surface area contributed by atoms with E-state index in [0.717, 1.165) is 13.0 Å². The summed E-state index contributed by atoms with van der Waals surface area (Å²) in [5, 5.41) is 18.4. The zero-order valence-electron chi connectivity index (χ0n) is 6.86. The highest BCUT2D eigenvalue weighted by Crippen LogP contribution is 2.38. The lowest BCUT2D eigenvalue weighted by atomic mass is 9.94. The molecular formula is C8H13NO3. The Bertz CT molecular complexity index is 218. The maximum Gasteiger partial charge on any atom is 0.324 e. The monoisotopic (exact) mass is 171 g/mol. The molecule has 0 amide bonds. The maximum atomic E-state index is 11.0. The van der Waals surface area contributed by atoms with Crippen molar-refractivity contribution >= 4 is 5.97 Å². The molecule has 0 bridgehead atoms. The summed E-state index contributed by atoms with van der Waals surface area (Å²) < 4.78 is 0. The molecule has 2 aliphatic heterocycles. The molecule has 0 saturated carbocycles. The van der Waals surface area contributed by atoms with E-state index >= 15 is 0 Å². The standard InChI is InChI=1S/C8H13NO3/c10-6-4-8(7(11)12)2-1-3-9(8)5-6/h6,10H,1-5H2,(H,11,12)/t6-,8?/m0/s1. The lowest BCUT2D eigenvalue weighted by Gasteiger charge is -2.26. The van der Waals surface area contributed by atoms with Gasteiger partial charge < -0.3 is 10.2 Å². The first kappa shape index (κ1) is 8.01. The summed E-state index contributed by atoms with van der Waals surface area (Å²) in [5.74, 6) is -0.767. The van der Waals surface area contributed by atoms with E-state index in [2.05, 4.69) is 0 Å². The topological polar surface area (TPSA) is 60.8 Å². The Hall–Kier alpha value is -0.610. The Morgan fingerprint density at radius 2 is 2.33 bits per heavy atom. The fourth-order valence-electron chi connectivity index (χ4n) is 2.47. The largest absolute Gasteiger partial charge is 0.480 e.